The summed E-state index contributed by atoms with van der Waals surface area (Å²) < 4.78 is 16.9. The Bertz CT molecular complexity index is 732. The van der Waals surface area contributed by atoms with Crippen molar-refractivity contribution < 1.29 is 19.0 Å². The number of fused-ring (bicyclic) bond motifs is 1. The molecule has 0 bridgehead atoms. The van der Waals surface area contributed by atoms with E-state index in [1.807, 2.05) is 52.8 Å². The summed E-state index contributed by atoms with van der Waals surface area (Å²) in [5, 5.41) is 9.39. The second-order valence-electron chi connectivity index (χ2n) is 8.58. The van der Waals surface area contributed by atoms with E-state index in [0.29, 0.717) is 32.3 Å². The fourth-order valence-electron chi connectivity index (χ4n) is 2.72. The van der Waals surface area contributed by atoms with Crippen LogP contribution in [0.1, 0.15) is 46.6 Å². The molecule has 9 heteroatoms. The highest BCUT2D eigenvalue weighted by Gasteiger charge is 2.25. The summed E-state index contributed by atoms with van der Waals surface area (Å²) in [7, 11) is 1.70. The number of aliphatic imine (C=N–C) groups is 1. The predicted molar refractivity (Wildman–Crippen MR) is 129 cm³/mol. The molecule has 1 heterocycles. The van der Waals surface area contributed by atoms with E-state index in [1.165, 1.54) is 0 Å². The van der Waals surface area contributed by atoms with E-state index in [-0.39, 0.29) is 24.0 Å². The van der Waals surface area contributed by atoms with E-state index >= 15 is 0 Å². The third kappa shape index (κ3) is 8.85. The molecule has 0 aromatic heterocycles. The van der Waals surface area contributed by atoms with Gasteiger partial charge in [-0.05, 0) is 40.7 Å². The van der Waals surface area contributed by atoms with Crippen LogP contribution < -0.4 is 25.4 Å². The number of ether oxygens (including phenoxy) is 3. The zero-order chi connectivity index (χ0) is 21.5. The molecule has 2 rings (SSSR count). The summed E-state index contributed by atoms with van der Waals surface area (Å²) in [5.41, 5.74) is -0.0655. The Morgan fingerprint density at radius 2 is 1.83 bits per heavy atom. The number of carbonyl (C=O) groups is 1. The summed E-state index contributed by atoms with van der Waals surface area (Å²) in [5.74, 6) is 2.17. The van der Waals surface area contributed by atoms with Gasteiger partial charge in [0.2, 0.25) is 0 Å². The zero-order valence-electron chi connectivity index (χ0n) is 18.8. The standard InChI is InChI=1S/C21H34N4O4.HI/c1-20(2,3)29-19(26)25-21(4,5)14-24-18(22-6)23-13-15-9-7-10-16-17(15)28-12-8-11-27-16;/h7,9-10H,8,11-14H2,1-6H3,(H,25,26)(H2,22,23,24);1H. The summed E-state index contributed by atoms with van der Waals surface area (Å²) >= 11 is 0. The van der Waals surface area contributed by atoms with Crippen LogP contribution in [0, 0.1) is 0 Å². The van der Waals surface area contributed by atoms with Crippen LogP contribution in [0.2, 0.25) is 0 Å². The maximum Gasteiger partial charge on any atom is 0.408 e. The van der Waals surface area contributed by atoms with Crippen molar-refractivity contribution in [1.29, 1.82) is 0 Å². The number of alkyl carbamates (subject to hydrolysis) is 1. The van der Waals surface area contributed by atoms with Gasteiger partial charge in [-0.1, -0.05) is 12.1 Å². The molecule has 1 aromatic rings. The van der Waals surface area contributed by atoms with Gasteiger partial charge < -0.3 is 30.2 Å². The molecule has 1 aliphatic heterocycles. The van der Waals surface area contributed by atoms with E-state index in [1.54, 1.807) is 7.05 Å². The Labute approximate surface area is 196 Å². The first-order chi connectivity index (χ1) is 13.6. The fourth-order valence-corrected chi connectivity index (χ4v) is 2.72. The molecule has 0 unspecified atom stereocenters. The van der Waals surface area contributed by atoms with Gasteiger partial charge in [-0.3, -0.25) is 4.99 Å². The molecule has 0 fully saturated rings. The number of carbonyl (C=O) groups excluding carboxylic acids is 1. The third-order valence-electron chi connectivity index (χ3n) is 4.06. The Balaban J connectivity index is 0.00000450. The smallest absolute Gasteiger partial charge is 0.408 e. The maximum absolute atomic E-state index is 12.0. The molecule has 30 heavy (non-hydrogen) atoms. The molecule has 0 radical (unpaired) electrons. The van der Waals surface area contributed by atoms with Crippen LogP contribution in [0.25, 0.3) is 0 Å². The molecule has 0 atom stereocenters. The maximum atomic E-state index is 12.0. The number of halogens is 1. The number of guanidine groups is 1. The van der Waals surface area contributed by atoms with E-state index in [4.69, 9.17) is 14.2 Å². The van der Waals surface area contributed by atoms with Gasteiger partial charge in [0, 0.05) is 32.1 Å². The number of hydrogen-bond donors (Lipinski definition) is 3. The van der Waals surface area contributed by atoms with Crippen LogP contribution in [0.15, 0.2) is 23.2 Å². The lowest BCUT2D eigenvalue weighted by molar-refractivity contribution is 0.0474. The number of nitrogens with one attached hydrogen (secondary N) is 3. The molecular formula is C21H35IN4O4. The molecule has 3 N–H and O–H groups in total. The largest absolute Gasteiger partial charge is 0.490 e. The highest BCUT2D eigenvalue weighted by Crippen LogP contribution is 2.33. The van der Waals surface area contributed by atoms with Gasteiger partial charge in [0.1, 0.15) is 5.60 Å². The van der Waals surface area contributed by atoms with Gasteiger partial charge in [0.05, 0.1) is 18.8 Å². The number of benzene rings is 1. The first-order valence-electron chi connectivity index (χ1n) is 9.93. The summed E-state index contributed by atoms with van der Waals surface area (Å²) in [6, 6.07) is 5.87. The average Bonchev–Trinajstić information content (AvgIpc) is 2.85. The topological polar surface area (TPSA) is 93.2 Å². The van der Waals surface area contributed by atoms with Crippen LogP contribution in [0.3, 0.4) is 0 Å². The lowest BCUT2D eigenvalue weighted by Gasteiger charge is -2.29. The predicted octanol–water partition coefficient (Wildman–Crippen LogP) is 3.43. The number of rotatable bonds is 5. The van der Waals surface area contributed by atoms with Crippen LogP contribution in [0.4, 0.5) is 4.79 Å². The molecule has 1 amide bonds. The molecule has 1 aliphatic rings. The number of amides is 1. The van der Waals surface area contributed by atoms with Gasteiger partial charge >= 0.3 is 6.09 Å². The number of para-hydroxylation sites is 1. The van der Waals surface area contributed by atoms with Gasteiger partial charge in [0.25, 0.3) is 0 Å². The number of hydrogen-bond acceptors (Lipinski definition) is 5. The summed E-state index contributed by atoms with van der Waals surface area (Å²) in [6.07, 6.45) is 0.418. The summed E-state index contributed by atoms with van der Waals surface area (Å²) in [4.78, 5) is 16.3. The van der Waals surface area contributed by atoms with Gasteiger partial charge in [-0.2, -0.15) is 0 Å². The molecule has 8 nitrogen and oxygen atoms in total. The molecule has 0 saturated carbocycles. The van der Waals surface area contributed by atoms with Gasteiger partial charge in [-0.25, -0.2) is 4.79 Å². The normalized spacial score (nSPS) is 14.1. The Hall–Kier alpha value is -1.91. The zero-order valence-corrected chi connectivity index (χ0v) is 21.1. The molecule has 170 valence electrons. The molecular weight excluding hydrogens is 499 g/mol. The first-order valence-corrected chi connectivity index (χ1v) is 9.93. The highest BCUT2D eigenvalue weighted by molar-refractivity contribution is 14.0. The van der Waals surface area contributed by atoms with Crippen molar-refractivity contribution in [3.8, 4) is 11.5 Å². The Morgan fingerprint density at radius 1 is 1.13 bits per heavy atom. The van der Waals surface area contributed by atoms with E-state index in [2.05, 4.69) is 20.9 Å². The van der Waals surface area contributed by atoms with E-state index in [0.717, 1.165) is 23.5 Å². The second-order valence-corrected chi connectivity index (χ2v) is 8.58. The molecule has 0 saturated heterocycles. The minimum absolute atomic E-state index is 0. The van der Waals surface area contributed by atoms with Crippen molar-refractivity contribution >= 4 is 36.0 Å². The monoisotopic (exact) mass is 534 g/mol. The SMILES string of the molecule is CN=C(NCc1cccc2c1OCCCO2)NCC(C)(C)NC(=O)OC(C)(C)C.I. The molecule has 0 spiro atoms. The average molecular weight is 534 g/mol. The minimum Gasteiger partial charge on any atom is -0.490 e. The van der Waals surface area contributed by atoms with Crippen molar-refractivity contribution in [1.82, 2.24) is 16.0 Å². The van der Waals surface area contributed by atoms with Crippen molar-refractivity contribution in [2.24, 2.45) is 4.99 Å². The molecule has 1 aromatic carbocycles. The summed E-state index contributed by atoms with van der Waals surface area (Å²) in [6.45, 7) is 11.6. The van der Waals surface area contributed by atoms with Crippen LogP contribution in [-0.2, 0) is 11.3 Å². The van der Waals surface area contributed by atoms with Crippen molar-refractivity contribution in [2.45, 2.75) is 58.7 Å². The van der Waals surface area contributed by atoms with Crippen molar-refractivity contribution in [3.05, 3.63) is 23.8 Å². The first kappa shape index (κ1) is 26.1. The van der Waals surface area contributed by atoms with E-state index in [9.17, 15) is 4.79 Å². The quantitative estimate of drug-likeness (QED) is 0.305. The highest BCUT2D eigenvalue weighted by atomic mass is 127. The van der Waals surface area contributed by atoms with Crippen molar-refractivity contribution in [2.75, 3.05) is 26.8 Å². The van der Waals surface area contributed by atoms with Gasteiger partial charge in [0.15, 0.2) is 17.5 Å². The van der Waals surface area contributed by atoms with Crippen LogP contribution in [0.5, 0.6) is 11.5 Å². The Kier molecular flexibility index (Phi) is 9.99. The lowest BCUT2D eigenvalue weighted by Crippen LogP contribution is -2.54. The second kappa shape index (κ2) is 11.5. The van der Waals surface area contributed by atoms with Gasteiger partial charge in [-0.15, -0.1) is 24.0 Å². The Morgan fingerprint density at radius 3 is 2.50 bits per heavy atom. The lowest BCUT2D eigenvalue weighted by atomic mass is 10.1. The minimum atomic E-state index is -0.537. The fraction of sp³-hybridized carbons (Fsp3) is 0.619. The van der Waals surface area contributed by atoms with E-state index < -0.39 is 17.2 Å². The van der Waals surface area contributed by atoms with Crippen molar-refractivity contribution in [3.63, 3.8) is 0 Å². The molecule has 0 aliphatic carbocycles. The van der Waals surface area contributed by atoms with Crippen LogP contribution >= 0.6 is 24.0 Å². The van der Waals surface area contributed by atoms with Crippen LogP contribution in [-0.4, -0.2) is 50.0 Å². The number of nitrogens with zero attached hydrogens (tertiary/aromatic N) is 1. The third-order valence-corrected chi connectivity index (χ3v) is 4.06.